The van der Waals surface area contributed by atoms with Crippen LogP contribution in [0, 0.1) is 11.8 Å². The maximum atomic E-state index is 12.9. The molecule has 1 amide bonds. The van der Waals surface area contributed by atoms with Gasteiger partial charge in [0.2, 0.25) is 5.91 Å². The number of hydrogen-bond acceptors (Lipinski definition) is 3. The molecule has 2 unspecified atom stereocenters. The summed E-state index contributed by atoms with van der Waals surface area (Å²) in [6.45, 7) is 11.3. The topological polar surface area (TPSA) is 49.6 Å². The fourth-order valence-electron chi connectivity index (χ4n) is 4.75. The monoisotopic (exact) mass is 483 g/mol. The van der Waals surface area contributed by atoms with E-state index >= 15 is 0 Å². The van der Waals surface area contributed by atoms with Crippen LogP contribution in [0.4, 0.5) is 5.69 Å². The largest absolute Gasteiger partial charge is 0.367 e. The molecule has 0 radical (unpaired) electrons. The Morgan fingerprint density at radius 2 is 1.59 bits per heavy atom. The van der Waals surface area contributed by atoms with Gasteiger partial charge in [-0.2, -0.15) is 0 Å². The number of hydrogen-bond donors (Lipinski definition) is 1. The second kappa shape index (κ2) is 12.6. The Hall–Kier alpha value is -2.04. The Morgan fingerprint density at radius 3 is 2.15 bits per heavy atom. The fraction of sp³-hybridized carbons (Fsp3) is 0.552. The Balaban J connectivity index is 1.64. The number of nitrogens with two attached hydrogens (primary N) is 1. The number of carbonyl (C=O) groups is 1. The Morgan fingerprint density at radius 1 is 1.00 bits per heavy atom. The molecule has 3 rings (SSSR count). The minimum Gasteiger partial charge on any atom is -0.367 e. The molecule has 2 aromatic rings. The van der Waals surface area contributed by atoms with Crippen molar-refractivity contribution in [2.45, 2.75) is 71.9 Å². The molecule has 2 N–H and O–H groups in total. The third kappa shape index (κ3) is 7.74. The lowest BCUT2D eigenvalue weighted by Crippen LogP contribution is -2.45. The maximum absolute atomic E-state index is 12.9. The second-order valence-corrected chi connectivity index (χ2v) is 11.1. The summed E-state index contributed by atoms with van der Waals surface area (Å²) in [6.07, 6.45) is 4.89. The van der Waals surface area contributed by atoms with E-state index in [1.165, 1.54) is 16.8 Å². The molecule has 0 aromatic heterocycles. The zero-order valence-electron chi connectivity index (χ0n) is 21.3. The number of aryl methyl sites for hydroxylation is 2. The molecule has 1 saturated heterocycles. The van der Waals surface area contributed by atoms with E-state index < -0.39 is 0 Å². The average Bonchev–Trinajstić information content (AvgIpc) is 3.28. The molecule has 34 heavy (non-hydrogen) atoms. The van der Waals surface area contributed by atoms with Crippen molar-refractivity contribution in [2.75, 3.05) is 24.5 Å². The SMILES string of the molecule is CC(C)CCN(c1ccc(CCc2ccc(Cl)cc2)cc1)C1CCN(C(=O)C(N)CC(C)C)C1. The Bertz CT molecular complexity index is 895. The lowest BCUT2D eigenvalue weighted by atomic mass is 10.0. The molecule has 5 heteroatoms. The summed E-state index contributed by atoms with van der Waals surface area (Å²) >= 11 is 6.00. The van der Waals surface area contributed by atoms with Crippen LogP contribution in [0.1, 0.15) is 58.1 Å². The van der Waals surface area contributed by atoms with E-state index in [2.05, 4.69) is 69.0 Å². The van der Waals surface area contributed by atoms with Crippen LogP contribution in [0.5, 0.6) is 0 Å². The molecule has 0 bridgehead atoms. The average molecular weight is 484 g/mol. The van der Waals surface area contributed by atoms with Crippen molar-refractivity contribution < 1.29 is 4.79 Å². The molecule has 0 saturated carbocycles. The summed E-state index contributed by atoms with van der Waals surface area (Å²) in [4.78, 5) is 17.4. The summed E-state index contributed by atoms with van der Waals surface area (Å²) in [5.41, 5.74) is 10.1. The molecule has 1 aliphatic heterocycles. The van der Waals surface area contributed by atoms with Gasteiger partial charge in [0.15, 0.2) is 0 Å². The lowest BCUT2D eigenvalue weighted by molar-refractivity contribution is -0.131. The highest BCUT2D eigenvalue weighted by atomic mass is 35.5. The number of amides is 1. The number of likely N-dealkylation sites (tertiary alicyclic amines) is 1. The van der Waals surface area contributed by atoms with Gasteiger partial charge in [0.05, 0.1) is 6.04 Å². The van der Waals surface area contributed by atoms with Crippen LogP contribution in [-0.2, 0) is 17.6 Å². The summed E-state index contributed by atoms with van der Waals surface area (Å²) < 4.78 is 0. The van der Waals surface area contributed by atoms with Gasteiger partial charge in [-0.3, -0.25) is 4.79 Å². The molecule has 186 valence electrons. The predicted molar refractivity (Wildman–Crippen MR) is 145 cm³/mol. The minimum atomic E-state index is -0.386. The van der Waals surface area contributed by atoms with E-state index in [0.717, 1.165) is 56.8 Å². The third-order valence-corrected chi connectivity index (χ3v) is 7.04. The molecule has 4 nitrogen and oxygen atoms in total. The molecule has 0 aliphatic carbocycles. The van der Waals surface area contributed by atoms with E-state index in [1.807, 2.05) is 17.0 Å². The number of carbonyl (C=O) groups excluding carboxylic acids is 1. The number of anilines is 1. The van der Waals surface area contributed by atoms with Crippen LogP contribution in [0.25, 0.3) is 0 Å². The molecule has 1 aliphatic rings. The first-order chi connectivity index (χ1) is 16.2. The van der Waals surface area contributed by atoms with E-state index in [9.17, 15) is 4.79 Å². The summed E-state index contributed by atoms with van der Waals surface area (Å²) in [5.74, 6) is 1.18. The number of rotatable bonds is 11. The van der Waals surface area contributed by atoms with Crippen LogP contribution < -0.4 is 10.6 Å². The van der Waals surface area contributed by atoms with Gasteiger partial charge < -0.3 is 15.5 Å². The first-order valence-corrected chi connectivity index (χ1v) is 13.2. The standard InChI is InChI=1S/C29H42ClN3O/c1-21(2)15-18-33(27-16-17-32(20-27)29(34)28(31)19-22(3)4)26-13-9-24(10-14-26)6-5-23-7-11-25(30)12-8-23/h7-14,21-22,27-28H,5-6,15-20,31H2,1-4H3. The Labute approximate surface area is 211 Å². The number of nitrogens with zero attached hydrogens (tertiary/aromatic N) is 2. The van der Waals surface area contributed by atoms with Crippen LogP contribution in [0.15, 0.2) is 48.5 Å². The maximum Gasteiger partial charge on any atom is 0.239 e. The van der Waals surface area contributed by atoms with Gasteiger partial charge in [0, 0.05) is 36.4 Å². The summed E-state index contributed by atoms with van der Waals surface area (Å²) in [6, 6.07) is 17.1. The van der Waals surface area contributed by atoms with Gasteiger partial charge in [-0.1, -0.05) is 63.6 Å². The van der Waals surface area contributed by atoms with E-state index in [-0.39, 0.29) is 11.9 Å². The van der Waals surface area contributed by atoms with Crippen molar-refractivity contribution in [1.82, 2.24) is 4.90 Å². The molecular weight excluding hydrogens is 442 g/mol. The van der Waals surface area contributed by atoms with Gasteiger partial charge >= 0.3 is 0 Å². The summed E-state index contributed by atoms with van der Waals surface area (Å²) in [7, 11) is 0. The molecule has 2 aromatic carbocycles. The normalized spacial score (nSPS) is 16.9. The van der Waals surface area contributed by atoms with Crippen LogP contribution >= 0.6 is 11.6 Å². The van der Waals surface area contributed by atoms with E-state index in [4.69, 9.17) is 17.3 Å². The minimum absolute atomic E-state index is 0.109. The zero-order valence-corrected chi connectivity index (χ0v) is 22.1. The highest BCUT2D eigenvalue weighted by Crippen LogP contribution is 2.26. The number of halogens is 1. The first kappa shape index (κ1) is 26.6. The second-order valence-electron chi connectivity index (χ2n) is 10.6. The molecule has 2 atom stereocenters. The van der Waals surface area contributed by atoms with Crippen molar-refractivity contribution in [3.8, 4) is 0 Å². The van der Waals surface area contributed by atoms with Crippen molar-refractivity contribution in [1.29, 1.82) is 0 Å². The molecular formula is C29H42ClN3O. The quantitative estimate of drug-likeness (QED) is 0.429. The molecule has 1 heterocycles. The predicted octanol–water partition coefficient (Wildman–Crippen LogP) is 5.95. The third-order valence-electron chi connectivity index (χ3n) is 6.79. The van der Waals surface area contributed by atoms with E-state index in [0.29, 0.717) is 17.9 Å². The van der Waals surface area contributed by atoms with Crippen molar-refractivity contribution in [3.05, 3.63) is 64.7 Å². The van der Waals surface area contributed by atoms with Gasteiger partial charge in [0.1, 0.15) is 0 Å². The van der Waals surface area contributed by atoms with Gasteiger partial charge in [0.25, 0.3) is 0 Å². The zero-order chi connectivity index (χ0) is 24.7. The van der Waals surface area contributed by atoms with E-state index in [1.54, 1.807) is 0 Å². The van der Waals surface area contributed by atoms with Crippen molar-refractivity contribution >= 4 is 23.2 Å². The van der Waals surface area contributed by atoms with Gasteiger partial charge in [-0.15, -0.1) is 0 Å². The first-order valence-electron chi connectivity index (χ1n) is 12.9. The molecule has 0 spiro atoms. The van der Waals surface area contributed by atoms with Gasteiger partial charge in [-0.05, 0) is 79.3 Å². The van der Waals surface area contributed by atoms with Gasteiger partial charge in [-0.25, -0.2) is 0 Å². The molecule has 1 fully saturated rings. The van der Waals surface area contributed by atoms with Crippen LogP contribution in [0.3, 0.4) is 0 Å². The highest BCUT2D eigenvalue weighted by molar-refractivity contribution is 6.30. The van der Waals surface area contributed by atoms with Crippen LogP contribution in [0.2, 0.25) is 5.02 Å². The van der Waals surface area contributed by atoms with Crippen LogP contribution in [-0.4, -0.2) is 42.5 Å². The summed E-state index contributed by atoms with van der Waals surface area (Å²) in [5, 5.41) is 0.781. The van der Waals surface area contributed by atoms with Crippen molar-refractivity contribution in [3.63, 3.8) is 0 Å². The smallest absolute Gasteiger partial charge is 0.239 e. The highest BCUT2D eigenvalue weighted by Gasteiger charge is 2.32. The number of benzene rings is 2. The Kier molecular flexibility index (Phi) is 9.85. The lowest BCUT2D eigenvalue weighted by Gasteiger charge is -2.32. The van der Waals surface area contributed by atoms with Crippen molar-refractivity contribution in [2.24, 2.45) is 17.6 Å². The fourth-order valence-corrected chi connectivity index (χ4v) is 4.88.